The van der Waals surface area contributed by atoms with Crippen molar-refractivity contribution in [3.63, 3.8) is 0 Å². The first kappa shape index (κ1) is 11.2. The highest BCUT2D eigenvalue weighted by Gasteiger charge is 2.35. The van der Waals surface area contributed by atoms with Crippen LogP contribution in [-0.4, -0.2) is 19.7 Å². The largest absolute Gasteiger partial charge is 0.268 e. The van der Waals surface area contributed by atoms with E-state index in [4.69, 9.17) is 12.2 Å². The molecule has 1 aliphatic rings. The second-order valence-corrected chi connectivity index (χ2v) is 5.47. The van der Waals surface area contributed by atoms with Gasteiger partial charge in [-0.3, -0.25) is 4.79 Å². The molecular weight excluding hydrogens is 246 g/mol. The van der Waals surface area contributed by atoms with Gasteiger partial charge < -0.3 is 0 Å². The average Bonchev–Trinajstić information content (AvgIpc) is 2.49. The lowest BCUT2D eigenvalue weighted by Crippen LogP contribution is -2.21. The van der Waals surface area contributed by atoms with Crippen LogP contribution in [0.2, 0.25) is 0 Å². The first-order valence-electron chi connectivity index (χ1n) is 4.62. The van der Waals surface area contributed by atoms with Crippen molar-refractivity contribution in [3.8, 4) is 0 Å². The first-order valence-corrected chi connectivity index (χ1v) is 6.58. The van der Waals surface area contributed by atoms with Crippen LogP contribution in [0.4, 0.5) is 0 Å². The quantitative estimate of drug-likeness (QED) is 0.807. The van der Waals surface area contributed by atoms with Gasteiger partial charge in [0, 0.05) is 5.92 Å². The van der Waals surface area contributed by atoms with Crippen LogP contribution in [0.15, 0.2) is 23.1 Å². The minimum absolute atomic E-state index is 0.0635. The molecule has 6 heteroatoms. The van der Waals surface area contributed by atoms with Crippen LogP contribution in [0.5, 0.6) is 0 Å². The maximum atomic E-state index is 11.7. The Labute approximate surface area is 98.7 Å². The number of nitrogens with one attached hydrogen (secondary N) is 1. The van der Waals surface area contributed by atoms with Crippen molar-refractivity contribution in [1.29, 1.82) is 0 Å². The summed E-state index contributed by atoms with van der Waals surface area (Å²) in [6.07, 6.45) is 0. The Balaban J connectivity index is 2.78. The molecule has 0 saturated carbocycles. The third-order valence-electron chi connectivity index (χ3n) is 2.48. The molecule has 1 atom stereocenters. The number of rotatable bonds is 2. The van der Waals surface area contributed by atoms with Gasteiger partial charge >= 0.3 is 0 Å². The van der Waals surface area contributed by atoms with E-state index in [9.17, 15) is 13.2 Å². The molecule has 0 radical (unpaired) electrons. The van der Waals surface area contributed by atoms with Crippen LogP contribution in [0.1, 0.15) is 28.8 Å². The SMILES string of the molecule is CC(C=S)c1cccc2c1S(=O)(=O)NC2=O. The molecule has 0 aliphatic carbocycles. The summed E-state index contributed by atoms with van der Waals surface area (Å²) in [6, 6.07) is 4.82. The molecular formula is C10H9NO3S2. The number of carbonyl (C=O) groups is 1. The lowest BCUT2D eigenvalue weighted by Gasteiger charge is -2.09. The Kier molecular flexibility index (Phi) is 2.55. The molecule has 1 aliphatic heterocycles. The lowest BCUT2D eigenvalue weighted by molar-refractivity contribution is 0.0985. The van der Waals surface area contributed by atoms with E-state index in [1.54, 1.807) is 19.1 Å². The summed E-state index contributed by atoms with van der Waals surface area (Å²) in [5, 5.41) is 1.48. The average molecular weight is 255 g/mol. The van der Waals surface area contributed by atoms with E-state index in [2.05, 4.69) is 0 Å². The van der Waals surface area contributed by atoms with Crippen molar-refractivity contribution in [2.75, 3.05) is 0 Å². The molecule has 0 aromatic heterocycles. The maximum absolute atomic E-state index is 11.7. The second kappa shape index (κ2) is 3.64. The number of hydrogen-bond acceptors (Lipinski definition) is 4. The maximum Gasteiger partial charge on any atom is 0.266 e. The van der Waals surface area contributed by atoms with Crippen molar-refractivity contribution in [1.82, 2.24) is 4.72 Å². The monoisotopic (exact) mass is 255 g/mol. The van der Waals surface area contributed by atoms with Gasteiger partial charge in [0.25, 0.3) is 15.9 Å². The predicted molar refractivity (Wildman–Crippen MR) is 63.2 cm³/mol. The zero-order chi connectivity index (χ0) is 11.9. The van der Waals surface area contributed by atoms with Gasteiger partial charge in [-0.05, 0) is 17.0 Å². The summed E-state index contributed by atoms with van der Waals surface area (Å²) in [6.45, 7) is 1.79. The fourth-order valence-corrected chi connectivity index (χ4v) is 3.31. The smallest absolute Gasteiger partial charge is 0.266 e. The third kappa shape index (κ3) is 1.54. The highest BCUT2D eigenvalue weighted by Crippen LogP contribution is 2.30. The molecule has 1 amide bonds. The molecule has 16 heavy (non-hydrogen) atoms. The number of benzene rings is 1. The zero-order valence-electron chi connectivity index (χ0n) is 8.43. The summed E-state index contributed by atoms with van der Waals surface area (Å²) in [4.78, 5) is 11.5. The van der Waals surface area contributed by atoms with Gasteiger partial charge in [-0.25, -0.2) is 13.1 Å². The second-order valence-electron chi connectivity index (χ2n) is 3.58. The van der Waals surface area contributed by atoms with Gasteiger partial charge in [-0.1, -0.05) is 31.3 Å². The summed E-state index contributed by atoms with van der Waals surface area (Å²) >= 11 is 4.81. The van der Waals surface area contributed by atoms with Crippen LogP contribution in [0.25, 0.3) is 0 Å². The number of fused-ring (bicyclic) bond motifs is 1. The molecule has 0 saturated heterocycles. The minimum Gasteiger partial charge on any atom is -0.268 e. The minimum atomic E-state index is -3.71. The van der Waals surface area contributed by atoms with Gasteiger partial charge in [-0.15, -0.1) is 0 Å². The molecule has 0 bridgehead atoms. The molecule has 1 heterocycles. The van der Waals surface area contributed by atoms with Crippen molar-refractivity contribution >= 4 is 33.5 Å². The van der Waals surface area contributed by atoms with Crippen molar-refractivity contribution in [2.24, 2.45) is 0 Å². The summed E-state index contributed by atoms with van der Waals surface area (Å²) in [7, 11) is -3.71. The number of hydrogen-bond donors (Lipinski definition) is 1. The van der Waals surface area contributed by atoms with E-state index in [0.29, 0.717) is 5.56 Å². The summed E-state index contributed by atoms with van der Waals surface area (Å²) < 4.78 is 25.4. The number of sulfonamides is 1. The number of thiocarbonyl (C=S) groups is 1. The highest BCUT2D eigenvalue weighted by molar-refractivity contribution is 7.90. The van der Waals surface area contributed by atoms with Gasteiger partial charge in [0.2, 0.25) is 0 Å². The Bertz CT molecular complexity index is 578. The van der Waals surface area contributed by atoms with Crippen molar-refractivity contribution in [2.45, 2.75) is 17.7 Å². The van der Waals surface area contributed by atoms with Crippen LogP contribution in [0.3, 0.4) is 0 Å². The number of amides is 1. The Hall–Kier alpha value is -1.27. The van der Waals surface area contributed by atoms with E-state index >= 15 is 0 Å². The molecule has 0 fully saturated rings. The van der Waals surface area contributed by atoms with Crippen LogP contribution < -0.4 is 4.72 Å². The molecule has 2 rings (SSSR count). The first-order chi connectivity index (χ1) is 7.47. The lowest BCUT2D eigenvalue weighted by atomic mass is 10.0. The van der Waals surface area contributed by atoms with Crippen LogP contribution in [0, 0.1) is 0 Å². The summed E-state index contributed by atoms with van der Waals surface area (Å²) in [5.74, 6) is -0.763. The van der Waals surface area contributed by atoms with Crippen LogP contribution in [-0.2, 0) is 10.0 Å². The van der Waals surface area contributed by atoms with E-state index < -0.39 is 15.9 Å². The number of carbonyl (C=O) groups excluding carboxylic acids is 1. The Morgan fingerprint density at radius 2 is 2.12 bits per heavy atom. The zero-order valence-corrected chi connectivity index (χ0v) is 10.1. The summed E-state index contributed by atoms with van der Waals surface area (Å²) in [5.41, 5.74) is 0.757. The Morgan fingerprint density at radius 3 is 2.75 bits per heavy atom. The molecule has 4 nitrogen and oxygen atoms in total. The molecule has 1 N–H and O–H groups in total. The van der Waals surface area contributed by atoms with Crippen molar-refractivity contribution in [3.05, 3.63) is 29.3 Å². The van der Waals surface area contributed by atoms with Crippen LogP contribution >= 0.6 is 12.2 Å². The topological polar surface area (TPSA) is 63.2 Å². The van der Waals surface area contributed by atoms with Crippen molar-refractivity contribution < 1.29 is 13.2 Å². The molecule has 1 unspecified atom stereocenters. The van der Waals surface area contributed by atoms with E-state index in [-0.39, 0.29) is 16.4 Å². The third-order valence-corrected chi connectivity index (χ3v) is 4.34. The molecule has 1 aromatic carbocycles. The van der Waals surface area contributed by atoms with Gasteiger partial charge in [-0.2, -0.15) is 0 Å². The van der Waals surface area contributed by atoms with Gasteiger partial charge in [0.05, 0.1) is 5.56 Å². The fraction of sp³-hybridized carbons (Fsp3) is 0.200. The molecule has 1 aromatic rings. The van der Waals surface area contributed by atoms with E-state index in [1.165, 1.54) is 11.4 Å². The van der Waals surface area contributed by atoms with Gasteiger partial charge in [0.15, 0.2) is 0 Å². The molecule has 0 spiro atoms. The fourth-order valence-electron chi connectivity index (χ4n) is 1.69. The Morgan fingerprint density at radius 1 is 1.44 bits per heavy atom. The standard InChI is InChI=1S/C10H9NO3S2/c1-6(5-15)7-3-2-4-8-9(7)16(13,14)11-10(8)12/h2-6H,1H3,(H,11,12). The van der Waals surface area contributed by atoms with Gasteiger partial charge in [0.1, 0.15) is 4.90 Å². The molecule has 84 valence electrons. The normalized spacial score (nSPS) is 18.7. The highest BCUT2D eigenvalue weighted by atomic mass is 32.2. The van der Waals surface area contributed by atoms with E-state index in [1.807, 2.05) is 4.72 Å². The van der Waals surface area contributed by atoms with E-state index in [0.717, 1.165) is 0 Å². The predicted octanol–water partition coefficient (Wildman–Crippen LogP) is 1.22.